The lowest BCUT2D eigenvalue weighted by Crippen LogP contribution is -2.31. The Balaban J connectivity index is 1.66. The Hall–Kier alpha value is -2.42. The predicted molar refractivity (Wildman–Crippen MR) is 101 cm³/mol. The zero-order valence-corrected chi connectivity index (χ0v) is 14.4. The standard InChI is InChI=1S/C23H23NO/c1-23(25,20-15-9-4-10-16-20)22-21(19-13-7-3-8-14-19)24(22)17-18-11-5-2-6-12-18/h2-16,21-22,25H,17H2,1H3/t21-,22+,23+,24?/m0/s1. The molecular formula is C23H23NO. The smallest absolute Gasteiger partial charge is 0.104 e. The lowest BCUT2D eigenvalue weighted by molar-refractivity contribution is 0.0403. The van der Waals surface area contributed by atoms with Gasteiger partial charge in [-0.2, -0.15) is 0 Å². The molecule has 126 valence electrons. The summed E-state index contributed by atoms with van der Waals surface area (Å²) in [7, 11) is 0. The molecule has 0 bridgehead atoms. The summed E-state index contributed by atoms with van der Waals surface area (Å²) in [6.07, 6.45) is 0. The van der Waals surface area contributed by atoms with Crippen LogP contribution in [0.5, 0.6) is 0 Å². The van der Waals surface area contributed by atoms with Crippen molar-refractivity contribution in [3.63, 3.8) is 0 Å². The highest BCUT2D eigenvalue weighted by Gasteiger charge is 2.57. The van der Waals surface area contributed by atoms with Crippen LogP contribution in [0.3, 0.4) is 0 Å². The average Bonchev–Trinajstić information content (AvgIpc) is 3.39. The largest absolute Gasteiger partial charge is 0.384 e. The Morgan fingerprint density at radius 3 is 1.92 bits per heavy atom. The van der Waals surface area contributed by atoms with Gasteiger partial charge < -0.3 is 5.11 Å². The highest BCUT2D eigenvalue weighted by atomic mass is 16.3. The minimum absolute atomic E-state index is 0.0671. The molecule has 3 aromatic carbocycles. The van der Waals surface area contributed by atoms with Gasteiger partial charge in [0.2, 0.25) is 0 Å². The Morgan fingerprint density at radius 2 is 1.32 bits per heavy atom. The first-order valence-electron chi connectivity index (χ1n) is 8.80. The summed E-state index contributed by atoms with van der Waals surface area (Å²) in [5.41, 5.74) is 2.61. The van der Waals surface area contributed by atoms with Crippen LogP contribution in [0.15, 0.2) is 91.0 Å². The van der Waals surface area contributed by atoms with Gasteiger partial charge in [0.25, 0.3) is 0 Å². The van der Waals surface area contributed by atoms with Crippen LogP contribution in [-0.4, -0.2) is 16.0 Å². The summed E-state index contributed by atoms with van der Waals surface area (Å²) in [5, 5.41) is 11.4. The van der Waals surface area contributed by atoms with E-state index in [9.17, 15) is 5.11 Å². The molecule has 4 atom stereocenters. The van der Waals surface area contributed by atoms with E-state index in [0.717, 1.165) is 12.1 Å². The van der Waals surface area contributed by atoms with Crippen LogP contribution < -0.4 is 0 Å². The third kappa shape index (κ3) is 3.11. The number of rotatable bonds is 5. The number of benzene rings is 3. The maximum Gasteiger partial charge on any atom is 0.104 e. The molecular weight excluding hydrogens is 306 g/mol. The van der Waals surface area contributed by atoms with Crippen molar-refractivity contribution in [2.45, 2.75) is 31.2 Å². The van der Waals surface area contributed by atoms with Crippen LogP contribution in [0.1, 0.15) is 29.7 Å². The fraction of sp³-hybridized carbons (Fsp3) is 0.217. The van der Waals surface area contributed by atoms with Gasteiger partial charge in [0.05, 0.1) is 12.1 Å². The van der Waals surface area contributed by atoms with Crippen molar-refractivity contribution < 1.29 is 5.11 Å². The fourth-order valence-corrected chi connectivity index (χ4v) is 3.87. The van der Waals surface area contributed by atoms with E-state index in [1.54, 1.807) is 0 Å². The van der Waals surface area contributed by atoms with Crippen LogP contribution in [0, 0.1) is 0 Å². The van der Waals surface area contributed by atoms with Gasteiger partial charge in [-0.05, 0) is 23.6 Å². The molecule has 1 heterocycles. The monoisotopic (exact) mass is 329 g/mol. The second kappa shape index (κ2) is 6.47. The van der Waals surface area contributed by atoms with Crippen molar-refractivity contribution >= 4 is 0 Å². The molecule has 2 nitrogen and oxygen atoms in total. The van der Waals surface area contributed by atoms with Gasteiger partial charge in [-0.25, -0.2) is 0 Å². The topological polar surface area (TPSA) is 23.2 Å². The molecule has 1 fully saturated rings. The molecule has 0 amide bonds. The van der Waals surface area contributed by atoms with E-state index in [1.807, 2.05) is 49.4 Å². The zero-order chi connectivity index (χ0) is 17.3. The Labute approximate surface area is 149 Å². The Bertz CT molecular complexity index is 814. The minimum atomic E-state index is -0.892. The van der Waals surface area contributed by atoms with Crippen LogP contribution in [-0.2, 0) is 12.1 Å². The Morgan fingerprint density at radius 1 is 0.800 bits per heavy atom. The van der Waals surface area contributed by atoms with Gasteiger partial charge in [0.15, 0.2) is 0 Å². The highest BCUT2D eigenvalue weighted by Crippen LogP contribution is 2.52. The molecule has 0 spiro atoms. The zero-order valence-electron chi connectivity index (χ0n) is 14.4. The Kier molecular flexibility index (Phi) is 4.16. The quantitative estimate of drug-likeness (QED) is 0.696. The molecule has 25 heavy (non-hydrogen) atoms. The van der Waals surface area contributed by atoms with E-state index in [4.69, 9.17) is 0 Å². The minimum Gasteiger partial charge on any atom is -0.384 e. The van der Waals surface area contributed by atoms with Crippen LogP contribution in [0.25, 0.3) is 0 Å². The number of nitrogens with zero attached hydrogens (tertiary/aromatic N) is 1. The second-order valence-electron chi connectivity index (χ2n) is 6.97. The number of hydrogen-bond acceptors (Lipinski definition) is 2. The van der Waals surface area contributed by atoms with Gasteiger partial charge in [0, 0.05) is 6.54 Å². The fourth-order valence-electron chi connectivity index (χ4n) is 3.87. The van der Waals surface area contributed by atoms with Crippen LogP contribution in [0.2, 0.25) is 0 Å². The third-order valence-electron chi connectivity index (χ3n) is 5.21. The maximum absolute atomic E-state index is 11.4. The van der Waals surface area contributed by atoms with E-state index >= 15 is 0 Å². The first kappa shape index (κ1) is 16.1. The third-order valence-corrected chi connectivity index (χ3v) is 5.21. The summed E-state index contributed by atoms with van der Waals surface area (Å²) < 4.78 is 0. The molecule has 4 rings (SSSR count). The first-order chi connectivity index (χ1) is 12.2. The second-order valence-corrected chi connectivity index (χ2v) is 6.97. The SMILES string of the molecule is C[C@@](O)(c1ccccc1)[C@H]1[C@H](c2ccccc2)N1Cc1ccccc1. The van der Waals surface area contributed by atoms with Gasteiger partial charge in [0.1, 0.15) is 5.60 Å². The van der Waals surface area contributed by atoms with Crippen molar-refractivity contribution in [2.75, 3.05) is 0 Å². The summed E-state index contributed by atoms with van der Waals surface area (Å²) >= 11 is 0. The first-order valence-corrected chi connectivity index (χ1v) is 8.80. The predicted octanol–water partition coefficient (Wildman–Crippen LogP) is 4.52. The van der Waals surface area contributed by atoms with Crippen molar-refractivity contribution in [1.29, 1.82) is 0 Å². The molecule has 3 aromatic rings. The highest BCUT2D eigenvalue weighted by molar-refractivity contribution is 5.35. The van der Waals surface area contributed by atoms with E-state index < -0.39 is 5.60 Å². The van der Waals surface area contributed by atoms with Gasteiger partial charge >= 0.3 is 0 Å². The molecule has 1 aliphatic heterocycles. The summed E-state index contributed by atoms with van der Waals surface area (Å²) in [4.78, 5) is 2.39. The summed E-state index contributed by atoms with van der Waals surface area (Å²) in [5.74, 6) is 0. The van der Waals surface area contributed by atoms with Crippen molar-refractivity contribution in [1.82, 2.24) is 4.90 Å². The van der Waals surface area contributed by atoms with E-state index in [0.29, 0.717) is 0 Å². The molecule has 1 N–H and O–H groups in total. The van der Waals surface area contributed by atoms with E-state index in [-0.39, 0.29) is 12.1 Å². The molecule has 0 saturated carbocycles. The average molecular weight is 329 g/mol. The van der Waals surface area contributed by atoms with E-state index in [1.165, 1.54) is 11.1 Å². The number of aliphatic hydroxyl groups is 1. The molecule has 1 aliphatic rings. The van der Waals surface area contributed by atoms with Gasteiger partial charge in [-0.3, -0.25) is 4.90 Å². The molecule has 0 radical (unpaired) electrons. The van der Waals surface area contributed by atoms with Crippen molar-refractivity contribution in [3.05, 3.63) is 108 Å². The van der Waals surface area contributed by atoms with Crippen molar-refractivity contribution in [2.24, 2.45) is 0 Å². The molecule has 2 heteroatoms. The lowest BCUT2D eigenvalue weighted by atomic mass is 9.89. The molecule has 1 saturated heterocycles. The maximum atomic E-state index is 11.4. The molecule has 0 aromatic heterocycles. The normalized spacial score (nSPS) is 24.5. The molecule has 0 aliphatic carbocycles. The number of hydrogen-bond donors (Lipinski definition) is 1. The molecule has 1 unspecified atom stereocenters. The van der Waals surface area contributed by atoms with Crippen LogP contribution in [0.4, 0.5) is 0 Å². The summed E-state index contributed by atoms with van der Waals surface area (Å²) in [6, 6.07) is 31.3. The summed E-state index contributed by atoms with van der Waals surface area (Å²) in [6.45, 7) is 2.78. The van der Waals surface area contributed by atoms with Crippen molar-refractivity contribution in [3.8, 4) is 0 Å². The van der Waals surface area contributed by atoms with E-state index in [2.05, 4.69) is 53.4 Å². The van der Waals surface area contributed by atoms with Crippen LogP contribution >= 0.6 is 0 Å². The van der Waals surface area contributed by atoms with Gasteiger partial charge in [-0.1, -0.05) is 91.0 Å². The lowest BCUT2D eigenvalue weighted by Gasteiger charge is -2.24. The van der Waals surface area contributed by atoms with Gasteiger partial charge in [-0.15, -0.1) is 0 Å².